The van der Waals surface area contributed by atoms with Crippen molar-refractivity contribution in [2.24, 2.45) is 34.5 Å². The van der Waals surface area contributed by atoms with Crippen molar-refractivity contribution in [3.05, 3.63) is 12.2 Å². The minimum absolute atomic E-state index is 0.493. The van der Waals surface area contributed by atoms with E-state index in [1.54, 1.807) is 0 Å². The molecule has 92 valence electrons. The molecular weight excluding hydrogens is 192 g/mol. The van der Waals surface area contributed by atoms with E-state index in [1.807, 2.05) is 0 Å². The molecule has 0 bridgehead atoms. The van der Waals surface area contributed by atoms with Crippen LogP contribution in [0.2, 0.25) is 0 Å². The minimum Gasteiger partial charge on any atom is -0.0914 e. The molecule has 4 atom stereocenters. The second kappa shape index (κ2) is 3.62. The van der Waals surface area contributed by atoms with Crippen molar-refractivity contribution in [2.75, 3.05) is 0 Å². The third kappa shape index (κ3) is 1.49. The largest absolute Gasteiger partial charge is 0.0914 e. The Bertz CT molecular complexity index is 295. The van der Waals surface area contributed by atoms with E-state index in [0.717, 1.165) is 23.7 Å². The number of hydrogen-bond donors (Lipinski definition) is 0. The Kier molecular flexibility index (Phi) is 2.76. The molecule has 2 aliphatic rings. The van der Waals surface area contributed by atoms with Gasteiger partial charge in [-0.1, -0.05) is 46.8 Å². The van der Waals surface area contributed by atoms with E-state index in [2.05, 4.69) is 53.7 Å². The van der Waals surface area contributed by atoms with Gasteiger partial charge in [-0.15, -0.1) is 0 Å². The topological polar surface area (TPSA) is 0 Å². The fourth-order valence-corrected chi connectivity index (χ4v) is 4.57. The number of hydrogen-bond acceptors (Lipinski definition) is 0. The predicted octanol–water partition coefficient (Wildman–Crippen LogP) is 4.91. The molecule has 2 aliphatic carbocycles. The van der Waals surface area contributed by atoms with Crippen LogP contribution in [0.4, 0.5) is 0 Å². The number of rotatable bonds is 1. The van der Waals surface area contributed by atoms with Crippen LogP contribution in [0.5, 0.6) is 0 Å². The van der Waals surface area contributed by atoms with Gasteiger partial charge in [0.15, 0.2) is 0 Å². The molecule has 0 saturated heterocycles. The summed E-state index contributed by atoms with van der Waals surface area (Å²) >= 11 is 0. The lowest BCUT2D eigenvalue weighted by Crippen LogP contribution is -2.34. The van der Waals surface area contributed by atoms with Crippen molar-refractivity contribution < 1.29 is 0 Å². The first-order chi connectivity index (χ1) is 7.31. The first kappa shape index (κ1) is 12.2. The van der Waals surface area contributed by atoms with Crippen LogP contribution < -0.4 is 0 Å². The standard InChI is InChI=1S/C16H28/c1-7-8-12-9-11(2)13-10-15(3,4)16(5,6)14(12)13/h7-8,11-14H,9-10H2,1-6H3/b8-7+. The summed E-state index contributed by atoms with van der Waals surface area (Å²) in [5.74, 6) is 3.63. The van der Waals surface area contributed by atoms with Gasteiger partial charge >= 0.3 is 0 Å². The Hall–Kier alpha value is -0.260. The molecule has 0 nitrogen and oxygen atoms in total. The average molecular weight is 220 g/mol. The van der Waals surface area contributed by atoms with Crippen molar-refractivity contribution in [3.8, 4) is 0 Å². The molecule has 16 heavy (non-hydrogen) atoms. The first-order valence-electron chi connectivity index (χ1n) is 6.94. The molecule has 0 spiro atoms. The summed E-state index contributed by atoms with van der Waals surface area (Å²) in [5, 5.41) is 0. The third-order valence-corrected chi connectivity index (χ3v) is 6.06. The SMILES string of the molecule is C/C=C/C1CC(C)C2CC(C)(C)C(C)(C)C12. The maximum absolute atomic E-state index is 2.51. The highest BCUT2D eigenvalue weighted by molar-refractivity contribution is 5.12. The van der Waals surface area contributed by atoms with Crippen LogP contribution in [0, 0.1) is 34.5 Å². The predicted molar refractivity (Wildman–Crippen MR) is 71.2 cm³/mol. The molecule has 0 radical (unpaired) electrons. The van der Waals surface area contributed by atoms with Gasteiger partial charge in [0, 0.05) is 0 Å². The molecule has 4 unspecified atom stereocenters. The van der Waals surface area contributed by atoms with Gasteiger partial charge in [0.05, 0.1) is 0 Å². The summed E-state index contributed by atoms with van der Waals surface area (Å²) in [5.41, 5.74) is 1.00. The average Bonchev–Trinajstić information content (AvgIpc) is 2.51. The third-order valence-electron chi connectivity index (χ3n) is 6.06. The monoisotopic (exact) mass is 220 g/mol. The fourth-order valence-electron chi connectivity index (χ4n) is 4.57. The number of fused-ring (bicyclic) bond motifs is 1. The summed E-state index contributed by atoms with van der Waals surface area (Å²) in [6.45, 7) is 14.6. The second-order valence-corrected chi connectivity index (χ2v) is 7.40. The summed E-state index contributed by atoms with van der Waals surface area (Å²) in [4.78, 5) is 0. The second-order valence-electron chi connectivity index (χ2n) is 7.40. The summed E-state index contributed by atoms with van der Waals surface area (Å²) in [7, 11) is 0. The fraction of sp³-hybridized carbons (Fsp3) is 0.875. The van der Waals surface area contributed by atoms with Gasteiger partial charge in [-0.3, -0.25) is 0 Å². The zero-order valence-electron chi connectivity index (χ0n) is 11.9. The van der Waals surface area contributed by atoms with Gasteiger partial charge in [0.2, 0.25) is 0 Å². The highest BCUT2D eigenvalue weighted by atomic mass is 14.6. The Morgan fingerprint density at radius 3 is 2.31 bits per heavy atom. The zero-order valence-corrected chi connectivity index (χ0v) is 11.9. The summed E-state index contributed by atoms with van der Waals surface area (Å²) in [6.07, 6.45) is 7.59. The smallest absolute Gasteiger partial charge is 0.0195 e. The van der Waals surface area contributed by atoms with Crippen molar-refractivity contribution in [3.63, 3.8) is 0 Å². The molecule has 0 aromatic rings. The normalized spacial score (nSPS) is 45.1. The van der Waals surface area contributed by atoms with Crippen LogP contribution in [-0.4, -0.2) is 0 Å². The van der Waals surface area contributed by atoms with Crippen LogP contribution in [0.3, 0.4) is 0 Å². The van der Waals surface area contributed by atoms with Gasteiger partial charge in [-0.25, -0.2) is 0 Å². The minimum atomic E-state index is 0.493. The maximum Gasteiger partial charge on any atom is -0.0195 e. The van der Waals surface area contributed by atoms with Crippen LogP contribution >= 0.6 is 0 Å². The van der Waals surface area contributed by atoms with E-state index in [4.69, 9.17) is 0 Å². The van der Waals surface area contributed by atoms with E-state index >= 15 is 0 Å². The quantitative estimate of drug-likeness (QED) is 0.551. The van der Waals surface area contributed by atoms with Gasteiger partial charge in [0.1, 0.15) is 0 Å². The molecule has 0 aromatic carbocycles. The highest BCUT2D eigenvalue weighted by Gasteiger charge is 2.59. The Labute approximate surface area is 102 Å². The molecule has 0 aliphatic heterocycles. The van der Waals surface area contributed by atoms with Crippen LogP contribution in [0.1, 0.15) is 54.4 Å². The molecular formula is C16H28. The van der Waals surface area contributed by atoms with Crippen molar-refractivity contribution in [1.82, 2.24) is 0 Å². The van der Waals surface area contributed by atoms with Crippen LogP contribution in [-0.2, 0) is 0 Å². The Balaban J connectivity index is 2.35. The zero-order chi connectivity index (χ0) is 12.1. The van der Waals surface area contributed by atoms with E-state index in [-0.39, 0.29) is 0 Å². The number of allylic oxidation sites excluding steroid dienone is 2. The molecule has 2 fully saturated rings. The molecule has 2 saturated carbocycles. The lowest BCUT2D eigenvalue weighted by atomic mass is 9.64. The van der Waals surface area contributed by atoms with E-state index in [9.17, 15) is 0 Å². The van der Waals surface area contributed by atoms with Gasteiger partial charge < -0.3 is 0 Å². The molecule has 0 heterocycles. The molecule has 0 amide bonds. The van der Waals surface area contributed by atoms with Gasteiger partial charge in [0.25, 0.3) is 0 Å². The van der Waals surface area contributed by atoms with Crippen molar-refractivity contribution in [1.29, 1.82) is 0 Å². The summed E-state index contributed by atoms with van der Waals surface area (Å²) < 4.78 is 0. The van der Waals surface area contributed by atoms with Crippen molar-refractivity contribution in [2.45, 2.75) is 54.4 Å². The Morgan fingerprint density at radius 2 is 1.75 bits per heavy atom. The Morgan fingerprint density at radius 1 is 1.12 bits per heavy atom. The van der Waals surface area contributed by atoms with Crippen LogP contribution in [0.15, 0.2) is 12.2 Å². The lowest BCUT2D eigenvalue weighted by Gasteiger charge is -2.41. The first-order valence-corrected chi connectivity index (χ1v) is 6.94. The van der Waals surface area contributed by atoms with Crippen molar-refractivity contribution >= 4 is 0 Å². The highest BCUT2D eigenvalue weighted by Crippen LogP contribution is 2.66. The van der Waals surface area contributed by atoms with Gasteiger partial charge in [-0.05, 0) is 54.3 Å². The molecule has 0 heteroatoms. The van der Waals surface area contributed by atoms with Gasteiger partial charge in [-0.2, -0.15) is 0 Å². The maximum atomic E-state index is 2.51. The lowest BCUT2D eigenvalue weighted by molar-refractivity contribution is 0.0885. The summed E-state index contributed by atoms with van der Waals surface area (Å²) in [6, 6.07) is 0. The molecule has 0 aromatic heterocycles. The van der Waals surface area contributed by atoms with Crippen LogP contribution in [0.25, 0.3) is 0 Å². The molecule has 2 rings (SSSR count). The van der Waals surface area contributed by atoms with E-state index in [0.29, 0.717) is 10.8 Å². The van der Waals surface area contributed by atoms with E-state index < -0.39 is 0 Å². The molecule has 0 N–H and O–H groups in total. The van der Waals surface area contributed by atoms with E-state index in [1.165, 1.54) is 12.8 Å².